The van der Waals surface area contributed by atoms with Crippen LogP contribution < -0.4 is 14.8 Å². The third kappa shape index (κ3) is 4.24. The molecule has 1 aromatic rings. The van der Waals surface area contributed by atoms with E-state index in [1.807, 2.05) is 6.07 Å². The zero-order chi connectivity index (χ0) is 16.0. The van der Waals surface area contributed by atoms with E-state index in [-0.39, 0.29) is 5.91 Å². The summed E-state index contributed by atoms with van der Waals surface area (Å²) in [5.74, 6) is 1.05. The molecule has 1 amide bonds. The number of rotatable bonds is 6. The smallest absolute Gasteiger partial charge is 0.244 e. The van der Waals surface area contributed by atoms with Crippen LogP contribution in [-0.4, -0.2) is 37.4 Å². The van der Waals surface area contributed by atoms with E-state index in [4.69, 9.17) is 9.47 Å². The van der Waals surface area contributed by atoms with Gasteiger partial charge in [0.15, 0.2) is 11.5 Å². The minimum absolute atomic E-state index is 0.213. The minimum Gasteiger partial charge on any atom is -0.493 e. The van der Waals surface area contributed by atoms with Gasteiger partial charge in [-0.2, -0.15) is 0 Å². The van der Waals surface area contributed by atoms with Gasteiger partial charge in [0.05, 0.1) is 19.8 Å². The lowest BCUT2D eigenvalue weighted by atomic mass is 10.0. The molecule has 0 atom stereocenters. The maximum Gasteiger partial charge on any atom is 0.244 e. The average Bonchev–Trinajstić information content (AvgIpc) is 2.97. The van der Waals surface area contributed by atoms with Crippen LogP contribution in [0, 0.1) is 0 Å². The second kappa shape index (κ2) is 7.31. The van der Waals surface area contributed by atoms with Crippen LogP contribution in [0.5, 0.6) is 11.5 Å². The Morgan fingerprint density at radius 3 is 2.59 bits per heavy atom. The van der Waals surface area contributed by atoms with Gasteiger partial charge in [0.25, 0.3) is 0 Å². The molecule has 22 heavy (non-hydrogen) atoms. The van der Waals surface area contributed by atoms with Crippen molar-refractivity contribution < 1.29 is 19.4 Å². The molecule has 0 radical (unpaired) electrons. The molecular weight excluding hydrogens is 282 g/mol. The summed E-state index contributed by atoms with van der Waals surface area (Å²) in [5.41, 5.74) is 0.111. The van der Waals surface area contributed by atoms with Crippen LogP contribution in [0.25, 0.3) is 6.08 Å². The Kier molecular flexibility index (Phi) is 5.44. The normalized spacial score (nSPS) is 16.7. The number of carbonyl (C=O) groups is 1. The highest BCUT2D eigenvalue weighted by Crippen LogP contribution is 2.29. The molecule has 2 rings (SSSR count). The van der Waals surface area contributed by atoms with Gasteiger partial charge in [0.2, 0.25) is 5.91 Å². The molecule has 5 heteroatoms. The minimum atomic E-state index is -0.729. The van der Waals surface area contributed by atoms with Gasteiger partial charge in [-0.25, -0.2) is 0 Å². The summed E-state index contributed by atoms with van der Waals surface area (Å²) in [6, 6.07) is 5.43. The molecule has 0 aliphatic heterocycles. The molecule has 2 N–H and O–H groups in total. The average molecular weight is 305 g/mol. The maximum atomic E-state index is 11.8. The first-order valence-electron chi connectivity index (χ1n) is 7.47. The third-order valence-electron chi connectivity index (χ3n) is 3.96. The first-order valence-corrected chi connectivity index (χ1v) is 7.47. The predicted molar refractivity (Wildman–Crippen MR) is 85.0 cm³/mol. The first kappa shape index (κ1) is 16.4. The van der Waals surface area contributed by atoms with Crippen molar-refractivity contribution in [2.24, 2.45) is 0 Å². The Balaban J connectivity index is 1.92. The van der Waals surface area contributed by atoms with Gasteiger partial charge in [-0.3, -0.25) is 4.79 Å². The van der Waals surface area contributed by atoms with Gasteiger partial charge >= 0.3 is 0 Å². The zero-order valence-electron chi connectivity index (χ0n) is 13.1. The Morgan fingerprint density at radius 1 is 1.27 bits per heavy atom. The monoisotopic (exact) mass is 305 g/mol. The van der Waals surface area contributed by atoms with E-state index >= 15 is 0 Å². The molecule has 120 valence electrons. The molecule has 0 heterocycles. The number of hydrogen-bond acceptors (Lipinski definition) is 4. The quantitative estimate of drug-likeness (QED) is 0.790. The van der Waals surface area contributed by atoms with Gasteiger partial charge in [-0.05, 0) is 36.6 Å². The molecule has 0 saturated heterocycles. The Bertz CT molecular complexity index is 548. The van der Waals surface area contributed by atoms with Crippen molar-refractivity contribution in [2.75, 3.05) is 20.8 Å². The van der Waals surface area contributed by atoms with E-state index in [1.54, 1.807) is 32.4 Å². The van der Waals surface area contributed by atoms with E-state index in [2.05, 4.69) is 5.32 Å². The highest BCUT2D eigenvalue weighted by Gasteiger charge is 2.30. The number of amides is 1. The van der Waals surface area contributed by atoms with Crippen molar-refractivity contribution in [1.82, 2.24) is 5.32 Å². The lowest BCUT2D eigenvalue weighted by Gasteiger charge is -2.21. The molecule has 0 unspecified atom stereocenters. The molecule has 0 spiro atoms. The van der Waals surface area contributed by atoms with Crippen molar-refractivity contribution in [2.45, 2.75) is 31.3 Å². The fourth-order valence-corrected chi connectivity index (χ4v) is 2.65. The molecule has 1 aromatic carbocycles. The van der Waals surface area contributed by atoms with Crippen LogP contribution in [-0.2, 0) is 4.79 Å². The fraction of sp³-hybridized carbons (Fsp3) is 0.471. The van der Waals surface area contributed by atoms with Crippen LogP contribution in [0.2, 0.25) is 0 Å². The van der Waals surface area contributed by atoms with Gasteiger partial charge in [-0.15, -0.1) is 0 Å². The second-order valence-corrected chi connectivity index (χ2v) is 5.60. The highest BCUT2D eigenvalue weighted by molar-refractivity contribution is 5.91. The largest absolute Gasteiger partial charge is 0.493 e. The lowest BCUT2D eigenvalue weighted by Crippen LogP contribution is -2.40. The van der Waals surface area contributed by atoms with Crippen molar-refractivity contribution >= 4 is 12.0 Å². The molecule has 1 saturated carbocycles. The van der Waals surface area contributed by atoms with Crippen LogP contribution >= 0.6 is 0 Å². The first-order chi connectivity index (χ1) is 10.6. The third-order valence-corrected chi connectivity index (χ3v) is 3.96. The van der Waals surface area contributed by atoms with Crippen molar-refractivity contribution in [3.63, 3.8) is 0 Å². The molecule has 5 nitrogen and oxygen atoms in total. The Morgan fingerprint density at radius 2 is 1.95 bits per heavy atom. The van der Waals surface area contributed by atoms with Crippen LogP contribution in [0.15, 0.2) is 24.3 Å². The van der Waals surface area contributed by atoms with Crippen LogP contribution in [0.1, 0.15) is 31.2 Å². The number of methoxy groups -OCH3 is 2. The molecular formula is C17H23NO4. The van der Waals surface area contributed by atoms with Gasteiger partial charge < -0.3 is 19.9 Å². The zero-order valence-corrected chi connectivity index (χ0v) is 13.1. The van der Waals surface area contributed by atoms with Crippen molar-refractivity contribution in [3.8, 4) is 11.5 Å². The number of ether oxygens (including phenoxy) is 2. The summed E-state index contributed by atoms with van der Waals surface area (Å²) >= 11 is 0. The predicted octanol–water partition coefficient (Wildman–Crippen LogP) is 2.14. The molecule has 1 fully saturated rings. The number of hydrogen-bond donors (Lipinski definition) is 2. The van der Waals surface area contributed by atoms with Gasteiger partial charge in [-0.1, -0.05) is 18.9 Å². The molecule has 0 bridgehead atoms. The van der Waals surface area contributed by atoms with E-state index in [1.165, 1.54) is 6.08 Å². The van der Waals surface area contributed by atoms with Gasteiger partial charge in [0, 0.05) is 12.6 Å². The van der Waals surface area contributed by atoms with E-state index in [0.717, 1.165) is 31.2 Å². The number of carbonyl (C=O) groups excluding carboxylic acids is 1. The van der Waals surface area contributed by atoms with Crippen LogP contribution in [0.3, 0.4) is 0 Å². The SMILES string of the molecule is COc1ccc(/C=C/C(=O)NCC2(O)CCCC2)cc1OC. The molecule has 0 aromatic heterocycles. The van der Waals surface area contributed by atoms with E-state index in [9.17, 15) is 9.90 Å². The van der Waals surface area contributed by atoms with Gasteiger partial charge in [0.1, 0.15) is 0 Å². The van der Waals surface area contributed by atoms with E-state index in [0.29, 0.717) is 18.0 Å². The summed E-state index contributed by atoms with van der Waals surface area (Å²) in [5, 5.41) is 12.9. The summed E-state index contributed by atoms with van der Waals surface area (Å²) in [7, 11) is 3.15. The number of aliphatic hydroxyl groups is 1. The van der Waals surface area contributed by atoms with Crippen molar-refractivity contribution in [1.29, 1.82) is 0 Å². The summed E-state index contributed by atoms with van der Waals surface area (Å²) in [6.07, 6.45) is 6.72. The topological polar surface area (TPSA) is 67.8 Å². The lowest BCUT2D eigenvalue weighted by molar-refractivity contribution is -0.117. The molecule has 1 aliphatic carbocycles. The molecule has 1 aliphatic rings. The Labute approximate surface area is 130 Å². The maximum absolute atomic E-state index is 11.8. The second-order valence-electron chi connectivity index (χ2n) is 5.60. The fourth-order valence-electron chi connectivity index (χ4n) is 2.65. The summed E-state index contributed by atoms with van der Waals surface area (Å²) in [6.45, 7) is 0.308. The Hall–Kier alpha value is -2.01. The summed E-state index contributed by atoms with van der Waals surface area (Å²) in [4.78, 5) is 11.8. The number of nitrogens with one attached hydrogen (secondary N) is 1. The standard InChI is InChI=1S/C17H23NO4/c1-21-14-7-5-13(11-15(14)22-2)6-8-16(19)18-12-17(20)9-3-4-10-17/h5-8,11,20H,3-4,9-10,12H2,1-2H3,(H,18,19)/b8-6+. The van der Waals surface area contributed by atoms with E-state index < -0.39 is 5.60 Å². The van der Waals surface area contributed by atoms with Crippen LogP contribution in [0.4, 0.5) is 0 Å². The summed E-state index contributed by atoms with van der Waals surface area (Å²) < 4.78 is 10.4. The highest BCUT2D eigenvalue weighted by atomic mass is 16.5. The van der Waals surface area contributed by atoms with Crippen molar-refractivity contribution in [3.05, 3.63) is 29.8 Å². The number of benzene rings is 1.